The van der Waals surface area contributed by atoms with Crippen molar-refractivity contribution in [2.45, 2.75) is 38.3 Å². The van der Waals surface area contributed by atoms with Crippen molar-refractivity contribution in [2.24, 2.45) is 11.7 Å². The number of hydrogen-bond donors (Lipinski definition) is 2. The summed E-state index contributed by atoms with van der Waals surface area (Å²) in [6.07, 6.45) is 2.53. The minimum absolute atomic E-state index is 0. The van der Waals surface area contributed by atoms with E-state index in [1.807, 2.05) is 6.92 Å². The van der Waals surface area contributed by atoms with Crippen LogP contribution in [0, 0.1) is 18.7 Å². The maximum Gasteiger partial charge on any atom is 0.128 e. The summed E-state index contributed by atoms with van der Waals surface area (Å²) in [5.74, 6) is -0.0774. The van der Waals surface area contributed by atoms with Crippen LogP contribution in [0.4, 0.5) is 4.39 Å². The van der Waals surface area contributed by atoms with Crippen molar-refractivity contribution in [1.29, 1.82) is 0 Å². The van der Waals surface area contributed by atoms with Crippen LogP contribution in [-0.4, -0.2) is 11.2 Å². The molecule has 0 aliphatic heterocycles. The van der Waals surface area contributed by atoms with E-state index in [-0.39, 0.29) is 24.1 Å². The quantitative estimate of drug-likeness (QED) is 0.877. The summed E-state index contributed by atoms with van der Waals surface area (Å²) in [6, 6.07) is 4.24. The molecule has 1 fully saturated rings. The standard InChI is InChI=1S/C13H18FNO.ClH/c1-8-5-6-11(14)10(7-8)12(15)13(16)9-3-2-4-9;/h5-7,9,12-13,16H,2-4,15H2,1H3;1H/t12-,13+;/m1./s1. The molecule has 0 heterocycles. The van der Waals surface area contributed by atoms with Gasteiger partial charge in [-0.3, -0.25) is 0 Å². The van der Waals surface area contributed by atoms with Gasteiger partial charge in [0, 0.05) is 5.56 Å². The molecule has 3 N–H and O–H groups in total. The summed E-state index contributed by atoms with van der Waals surface area (Å²) < 4.78 is 13.6. The van der Waals surface area contributed by atoms with Gasteiger partial charge in [0.15, 0.2) is 0 Å². The van der Waals surface area contributed by atoms with E-state index in [1.165, 1.54) is 6.07 Å². The average molecular weight is 260 g/mol. The van der Waals surface area contributed by atoms with Gasteiger partial charge in [-0.15, -0.1) is 12.4 Å². The largest absolute Gasteiger partial charge is 0.391 e. The molecule has 17 heavy (non-hydrogen) atoms. The van der Waals surface area contributed by atoms with Crippen molar-refractivity contribution in [3.63, 3.8) is 0 Å². The third-order valence-electron chi connectivity index (χ3n) is 3.51. The predicted molar refractivity (Wildman–Crippen MR) is 68.7 cm³/mol. The molecular formula is C13H19ClFNO. The second-order valence-electron chi connectivity index (χ2n) is 4.73. The fourth-order valence-corrected chi connectivity index (χ4v) is 2.18. The second kappa shape index (κ2) is 5.80. The van der Waals surface area contributed by atoms with Crippen LogP contribution in [0.25, 0.3) is 0 Å². The minimum Gasteiger partial charge on any atom is -0.391 e. The summed E-state index contributed by atoms with van der Waals surface area (Å²) in [6.45, 7) is 1.89. The summed E-state index contributed by atoms with van der Waals surface area (Å²) in [5.41, 5.74) is 7.32. The van der Waals surface area contributed by atoms with Crippen LogP contribution in [0.1, 0.15) is 36.4 Å². The summed E-state index contributed by atoms with van der Waals surface area (Å²) >= 11 is 0. The maximum atomic E-state index is 13.6. The lowest BCUT2D eigenvalue weighted by molar-refractivity contribution is 0.0404. The number of hydrogen-bond acceptors (Lipinski definition) is 2. The van der Waals surface area contributed by atoms with Crippen LogP contribution in [0.3, 0.4) is 0 Å². The second-order valence-corrected chi connectivity index (χ2v) is 4.73. The van der Waals surface area contributed by atoms with Gasteiger partial charge < -0.3 is 10.8 Å². The van der Waals surface area contributed by atoms with Crippen molar-refractivity contribution in [3.05, 3.63) is 35.1 Å². The first-order valence-electron chi connectivity index (χ1n) is 5.79. The highest BCUT2D eigenvalue weighted by Gasteiger charge is 2.31. The molecule has 2 atom stereocenters. The predicted octanol–water partition coefficient (Wildman–Crippen LogP) is 2.72. The van der Waals surface area contributed by atoms with Gasteiger partial charge in [-0.25, -0.2) is 4.39 Å². The smallest absolute Gasteiger partial charge is 0.128 e. The maximum absolute atomic E-state index is 13.6. The van der Waals surface area contributed by atoms with Crippen molar-refractivity contribution >= 4 is 12.4 Å². The Morgan fingerprint density at radius 3 is 2.59 bits per heavy atom. The highest BCUT2D eigenvalue weighted by molar-refractivity contribution is 5.85. The van der Waals surface area contributed by atoms with Gasteiger partial charge in [0.1, 0.15) is 5.82 Å². The molecule has 2 rings (SSSR count). The van der Waals surface area contributed by atoms with Crippen LogP contribution in [0.15, 0.2) is 18.2 Å². The van der Waals surface area contributed by atoms with Crippen molar-refractivity contribution in [2.75, 3.05) is 0 Å². The molecule has 0 radical (unpaired) electrons. The van der Waals surface area contributed by atoms with Crippen molar-refractivity contribution in [1.82, 2.24) is 0 Å². The van der Waals surface area contributed by atoms with Gasteiger partial charge in [-0.05, 0) is 31.7 Å². The van der Waals surface area contributed by atoms with E-state index in [1.54, 1.807) is 12.1 Å². The van der Waals surface area contributed by atoms with E-state index in [0.717, 1.165) is 24.8 Å². The topological polar surface area (TPSA) is 46.2 Å². The lowest BCUT2D eigenvalue weighted by Crippen LogP contribution is -2.36. The fourth-order valence-electron chi connectivity index (χ4n) is 2.18. The van der Waals surface area contributed by atoms with Crippen LogP contribution in [0.5, 0.6) is 0 Å². The van der Waals surface area contributed by atoms with E-state index < -0.39 is 12.1 Å². The van der Waals surface area contributed by atoms with Crippen LogP contribution >= 0.6 is 12.4 Å². The Bertz CT molecular complexity index is 382. The number of halogens is 2. The summed E-state index contributed by atoms with van der Waals surface area (Å²) in [5, 5.41) is 10.0. The van der Waals surface area contributed by atoms with Crippen molar-refractivity contribution in [3.8, 4) is 0 Å². The molecule has 0 saturated heterocycles. The van der Waals surface area contributed by atoms with Gasteiger partial charge >= 0.3 is 0 Å². The zero-order valence-corrected chi connectivity index (χ0v) is 10.7. The summed E-state index contributed by atoms with van der Waals surface area (Å²) in [7, 11) is 0. The zero-order valence-electron chi connectivity index (χ0n) is 9.90. The van der Waals surface area contributed by atoms with Gasteiger partial charge in [0.05, 0.1) is 12.1 Å². The minimum atomic E-state index is -0.620. The third-order valence-corrected chi connectivity index (χ3v) is 3.51. The molecule has 2 nitrogen and oxygen atoms in total. The monoisotopic (exact) mass is 259 g/mol. The molecule has 0 spiro atoms. The Labute approximate surface area is 107 Å². The lowest BCUT2D eigenvalue weighted by atomic mass is 9.77. The molecule has 0 unspecified atom stereocenters. The van der Waals surface area contributed by atoms with Gasteiger partial charge in [-0.1, -0.05) is 24.1 Å². The van der Waals surface area contributed by atoms with E-state index in [2.05, 4.69) is 0 Å². The van der Waals surface area contributed by atoms with E-state index in [9.17, 15) is 9.50 Å². The Morgan fingerprint density at radius 1 is 1.41 bits per heavy atom. The number of aliphatic hydroxyl groups excluding tert-OH is 1. The van der Waals surface area contributed by atoms with E-state index >= 15 is 0 Å². The SMILES string of the molecule is Cc1ccc(F)c([C@@H](N)[C@@H](O)C2CCC2)c1.Cl. The molecule has 1 aliphatic rings. The molecule has 0 bridgehead atoms. The van der Waals surface area contributed by atoms with Crippen LogP contribution in [0.2, 0.25) is 0 Å². The highest BCUT2D eigenvalue weighted by atomic mass is 35.5. The number of rotatable bonds is 3. The van der Waals surface area contributed by atoms with E-state index in [4.69, 9.17) is 5.73 Å². The third kappa shape index (κ3) is 2.97. The molecule has 96 valence electrons. The number of benzene rings is 1. The lowest BCUT2D eigenvalue weighted by Gasteiger charge is -2.34. The Balaban J connectivity index is 0.00000144. The van der Waals surface area contributed by atoms with Gasteiger partial charge in [-0.2, -0.15) is 0 Å². The van der Waals surface area contributed by atoms with Crippen LogP contribution < -0.4 is 5.73 Å². The molecule has 0 aromatic heterocycles. The Hall–Kier alpha value is -0.640. The van der Waals surface area contributed by atoms with Crippen molar-refractivity contribution < 1.29 is 9.50 Å². The number of nitrogens with two attached hydrogens (primary N) is 1. The molecule has 1 aromatic carbocycles. The molecule has 1 aliphatic carbocycles. The number of aliphatic hydroxyl groups is 1. The first kappa shape index (κ1) is 14.4. The van der Waals surface area contributed by atoms with Gasteiger partial charge in [0.25, 0.3) is 0 Å². The first-order chi connectivity index (χ1) is 7.59. The molecule has 0 amide bonds. The summed E-state index contributed by atoms with van der Waals surface area (Å²) in [4.78, 5) is 0. The number of aryl methyl sites for hydroxylation is 1. The van der Waals surface area contributed by atoms with E-state index in [0.29, 0.717) is 5.56 Å². The highest BCUT2D eigenvalue weighted by Crippen LogP contribution is 2.34. The van der Waals surface area contributed by atoms with Crippen LogP contribution in [-0.2, 0) is 0 Å². The Morgan fingerprint density at radius 2 is 2.06 bits per heavy atom. The Kier molecular flexibility index (Phi) is 4.92. The normalized spacial score (nSPS) is 19.1. The first-order valence-corrected chi connectivity index (χ1v) is 5.79. The molecule has 4 heteroatoms. The molecule has 1 aromatic rings. The fraction of sp³-hybridized carbons (Fsp3) is 0.538. The average Bonchev–Trinajstić information content (AvgIpc) is 2.18. The molecular weight excluding hydrogens is 241 g/mol. The molecule has 1 saturated carbocycles. The zero-order chi connectivity index (χ0) is 11.7. The van der Waals surface area contributed by atoms with Gasteiger partial charge in [0.2, 0.25) is 0 Å².